The molecule has 1 aromatic heterocycles. The molecular weight excluding hydrogens is 298 g/mol. The minimum atomic E-state index is -0.471. The van der Waals surface area contributed by atoms with Crippen molar-refractivity contribution in [3.63, 3.8) is 0 Å². The van der Waals surface area contributed by atoms with Gasteiger partial charge in [0.25, 0.3) is 11.6 Å². The number of piperidine rings is 3. The first-order valence-corrected chi connectivity index (χ1v) is 7.77. The first kappa shape index (κ1) is 14.1. The number of nitro groups is 1. The van der Waals surface area contributed by atoms with Gasteiger partial charge in [0.05, 0.1) is 10.4 Å². The van der Waals surface area contributed by atoms with Crippen molar-refractivity contribution in [2.45, 2.75) is 18.9 Å². The Balaban J connectivity index is 1.59. The fraction of sp³-hybridized carbons (Fsp3) is 0.467. The molecular formula is C15H17N5O3. The van der Waals surface area contributed by atoms with Crippen molar-refractivity contribution in [3.05, 3.63) is 34.0 Å². The Morgan fingerprint density at radius 3 is 2.83 bits per heavy atom. The molecule has 8 nitrogen and oxygen atoms in total. The molecule has 2 N–H and O–H groups in total. The minimum Gasteiger partial charge on any atom is -0.346 e. The number of carbonyl (C=O) groups excluding carboxylic acids is 1. The maximum atomic E-state index is 12.6. The lowest BCUT2D eigenvalue weighted by molar-refractivity contribution is -0.384. The van der Waals surface area contributed by atoms with Gasteiger partial charge in [-0.2, -0.15) is 5.10 Å². The number of aromatic amines is 1. The molecule has 5 rings (SSSR count). The standard InChI is InChI=1S/C15H17N5O3/c21-15(16-13-8-19-5-3-9(13)4-6-19)14-11-7-10(20(22)23)1-2-12(11)17-18-14/h1-2,7,9,13H,3-6,8H2,(H,16,21)(H,17,18). The molecule has 4 heterocycles. The second-order valence-electron chi connectivity index (χ2n) is 6.28. The average Bonchev–Trinajstić information content (AvgIpc) is 2.99. The molecule has 0 aliphatic carbocycles. The smallest absolute Gasteiger partial charge is 0.272 e. The van der Waals surface area contributed by atoms with Crippen LogP contribution in [0, 0.1) is 16.0 Å². The van der Waals surface area contributed by atoms with Gasteiger partial charge in [-0.1, -0.05) is 0 Å². The van der Waals surface area contributed by atoms with Crippen molar-refractivity contribution in [2.24, 2.45) is 5.92 Å². The topological polar surface area (TPSA) is 104 Å². The number of rotatable bonds is 3. The number of nitrogens with one attached hydrogen (secondary N) is 2. The van der Waals surface area contributed by atoms with Gasteiger partial charge < -0.3 is 10.2 Å². The Labute approximate surface area is 132 Å². The molecule has 1 unspecified atom stereocenters. The Hall–Kier alpha value is -2.48. The summed E-state index contributed by atoms with van der Waals surface area (Å²) in [6, 6.07) is 4.50. The van der Waals surface area contributed by atoms with Crippen LogP contribution >= 0.6 is 0 Å². The molecule has 2 bridgehead atoms. The van der Waals surface area contributed by atoms with Crippen LogP contribution in [0.15, 0.2) is 18.2 Å². The van der Waals surface area contributed by atoms with Gasteiger partial charge in [0.1, 0.15) is 0 Å². The van der Waals surface area contributed by atoms with E-state index in [0.717, 1.165) is 32.5 Å². The number of hydrogen-bond donors (Lipinski definition) is 2. The first-order chi connectivity index (χ1) is 11.1. The number of carbonyl (C=O) groups is 1. The van der Waals surface area contributed by atoms with E-state index in [0.29, 0.717) is 16.8 Å². The number of hydrogen-bond acceptors (Lipinski definition) is 5. The zero-order chi connectivity index (χ0) is 16.0. The largest absolute Gasteiger partial charge is 0.346 e. The van der Waals surface area contributed by atoms with Crippen LogP contribution in [-0.4, -0.2) is 51.6 Å². The Morgan fingerprint density at radius 1 is 1.39 bits per heavy atom. The van der Waals surface area contributed by atoms with Gasteiger partial charge in [-0.05, 0) is 37.9 Å². The Morgan fingerprint density at radius 2 is 2.17 bits per heavy atom. The van der Waals surface area contributed by atoms with E-state index in [1.54, 1.807) is 6.07 Å². The summed E-state index contributed by atoms with van der Waals surface area (Å²) in [7, 11) is 0. The maximum Gasteiger partial charge on any atom is 0.272 e. The summed E-state index contributed by atoms with van der Waals surface area (Å²) in [5.74, 6) is 0.249. The van der Waals surface area contributed by atoms with Crippen molar-refractivity contribution >= 4 is 22.5 Å². The number of benzene rings is 1. The summed E-state index contributed by atoms with van der Waals surface area (Å²) in [5, 5.41) is 21.3. The molecule has 1 amide bonds. The summed E-state index contributed by atoms with van der Waals surface area (Å²) in [6.45, 7) is 3.09. The second-order valence-corrected chi connectivity index (χ2v) is 6.28. The highest BCUT2D eigenvalue weighted by Gasteiger charge is 2.35. The third kappa shape index (κ3) is 2.44. The summed E-state index contributed by atoms with van der Waals surface area (Å²) in [5.41, 5.74) is 0.797. The van der Waals surface area contributed by atoms with E-state index >= 15 is 0 Å². The maximum absolute atomic E-state index is 12.6. The number of aromatic nitrogens is 2. The van der Waals surface area contributed by atoms with E-state index in [9.17, 15) is 14.9 Å². The Kier molecular flexibility index (Phi) is 3.26. The van der Waals surface area contributed by atoms with Crippen LogP contribution in [0.5, 0.6) is 0 Å². The van der Waals surface area contributed by atoms with Crippen LogP contribution in [-0.2, 0) is 0 Å². The van der Waals surface area contributed by atoms with Gasteiger partial charge >= 0.3 is 0 Å². The van der Waals surface area contributed by atoms with Gasteiger partial charge in [0.15, 0.2) is 5.69 Å². The highest BCUT2D eigenvalue weighted by atomic mass is 16.6. The molecule has 23 heavy (non-hydrogen) atoms. The molecule has 8 heteroatoms. The number of amides is 1. The molecule has 3 aliphatic heterocycles. The molecule has 120 valence electrons. The van der Waals surface area contributed by atoms with Crippen LogP contribution in [0.25, 0.3) is 10.9 Å². The van der Waals surface area contributed by atoms with Crippen molar-refractivity contribution in [3.8, 4) is 0 Å². The van der Waals surface area contributed by atoms with Crippen LogP contribution in [0.3, 0.4) is 0 Å². The first-order valence-electron chi connectivity index (χ1n) is 7.77. The molecule has 0 radical (unpaired) electrons. The highest BCUT2D eigenvalue weighted by molar-refractivity contribution is 6.05. The fourth-order valence-electron chi connectivity index (χ4n) is 3.65. The van der Waals surface area contributed by atoms with E-state index in [-0.39, 0.29) is 23.3 Å². The van der Waals surface area contributed by atoms with Crippen molar-refractivity contribution in [1.82, 2.24) is 20.4 Å². The van der Waals surface area contributed by atoms with Crippen LogP contribution in [0.4, 0.5) is 5.69 Å². The lowest BCUT2D eigenvalue weighted by Crippen LogP contribution is -2.57. The van der Waals surface area contributed by atoms with Gasteiger partial charge in [-0.25, -0.2) is 0 Å². The number of fused-ring (bicyclic) bond motifs is 4. The lowest BCUT2D eigenvalue weighted by Gasteiger charge is -2.44. The van der Waals surface area contributed by atoms with Gasteiger partial charge in [-0.3, -0.25) is 20.0 Å². The van der Waals surface area contributed by atoms with E-state index in [1.165, 1.54) is 12.1 Å². The quantitative estimate of drug-likeness (QED) is 0.656. The third-order valence-electron chi connectivity index (χ3n) is 4.94. The zero-order valence-corrected chi connectivity index (χ0v) is 12.5. The average molecular weight is 315 g/mol. The predicted octanol–water partition coefficient (Wildman–Crippen LogP) is 1.30. The summed E-state index contributed by atoms with van der Waals surface area (Å²) in [4.78, 5) is 25.4. The van der Waals surface area contributed by atoms with Gasteiger partial charge in [-0.15, -0.1) is 0 Å². The molecule has 3 fully saturated rings. The van der Waals surface area contributed by atoms with Crippen LogP contribution in [0.2, 0.25) is 0 Å². The molecule has 0 saturated carbocycles. The molecule has 3 saturated heterocycles. The minimum absolute atomic E-state index is 0.0456. The van der Waals surface area contributed by atoms with E-state index in [4.69, 9.17) is 0 Å². The number of nitrogens with zero attached hydrogens (tertiary/aromatic N) is 3. The fourth-order valence-corrected chi connectivity index (χ4v) is 3.65. The van der Waals surface area contributed by atoms with Gasteiger partial charge in [0.2, 0.25) is 0 Å². The predicted molar refractivity (Wildman–Crippen MR) is 83.2 cm³/mol. The normalized spacial score (nSPS) is 26.3. The zero-order valence-electron chi connectivity index (χ0n) is 12.5. The monoisotopic (exact) mass is 315 g/mol. The van der Waals surface area contributed by atoms with Gasteiger partial charge in [0, 0.05) is 30.1 Å². The molecule has 1 aromatic carbocycles. The SMILES string of the molecule is O=C(NC1CN2CCC1CC2)c1n[nH]c2ccc([N+](=O)[O-])cc12. The molecule has 3 aliphatic rings. The summed E-state index contributed by atoms with van der Waals surface area (Å²) < 4.78 is 0. The highest BCUT2D eigenvalue weighted by Crippen LogP contribution is 2.28. The van der Waals surface area contributed by atoms with Crippen molar-refractivity contribution in [2.75, 3.05) is 19.6 Å². The summed E-state index contributed by atoms with van der Waals surface area (Å²) in [6.07, 6.45) is 2.22. The van der Waals surface area contributed by atoms with Crippen LogP contribution < -0.4 is 5.32 Å². The van der Waals surface area contributed by atoms with Crippen molar-refractivity contribution in [1.29, 1.82) is 0 Å². The second kappa shape index (κ2) is 5.31. The lowest BCUT2D eigenvalue weighted by atomic mass is 9.84. The van der Waals surface area contributed by atoms with Crippen LogP contribution in [0.1, 0.15) is 23.3 Å². The number of non-ortho nitro benzene ring substituents is 1. The van der Waals surface area contributed by atoms with E-state index in [1.807, 2.05) is 0 Å². The summed E-state index contributed by atoms with van der Waals surface area (Å²) >= 11 is 0. The van der Waals surface area contributed by atoms with E-state index < -0.39 is 4.92 Å². The van der Waals surface area contributed by atoms with Crippen molar-refractivity contribution < 1.29 is 9.72 Å². The molecule has 2 aromatic rings. The molecule has 1 atom stereocenters. The Bertz CT molecular complexity index is 779. The third-order valence-corrected chi connectivity index (χ3v) is 4.94. The molecule has 0 spiro atoms. The van der Waals surface area contributed by atoms with E-state index in [2.05, 4.69) is 20.4 Å². The number of H-pyrrole nitrogens is 1. The number of nitro benzene ring substituents is 1.